The number of amides is 1. The zero-order chi connectivity index (χ0) is 17.7. The van der Waals surface area contributed by atoms with E-state index < -0.39 is 5.91 Å². The Balaban J connectivity index is 1.96. The summed E-state index contributed by atoms with van der Waals surface area (Å²) in [4.78, 5) is 23.3. The van der Waals surface area contributed by atoms with Gasteiger partial charge in [-0.25, -0.2) is 0 Å². The first-order valence-electron chi connectivity index (χ1n) is 6.87. The Labute approximate surface area is 143 Å². The third-order valence-electron chi connectivity index (χ3n) is 3.04. The third kappa shape index (κ3) is 4.43. The molecular weight excluding hydrogens is 330 g/mol. The van der Waals surface area contributed by atoms with Crippen LogP contribution in [0.4, 0.5) is 5.69 Å². The maximum atomic E-state index is 11.9. The lowest BCUT2D eigenvalue weighted by Gasteiger charge is -2.12. The topological polar surface area (TPSA) is 111 Å². The molecule has 0 aliphatic heterocycles. The molecule has 2 rings (SSSR count). The predicted octanol–water partition coefficient (Wildman–Crippen LogP) is 1.93. The normalized spacial score (nSPS) is 9.88. The summed E-state index contributed by atoms with van der Waals surface area (Å²) in [5.74, 6) is -1.19. The second-order valence-electron chi connectivity index (χ2n) is 4.87. The smallest absolute Gasteiger partial charge is 0.273 e. The van der Waals surface area contributed by atoms with Crippen molar-refractivity contribution in [1.29, 1.82) is 0 Å². The summed E-state index contributed by atoms with van der Waals surface area (Å²) in [6.07, 6.45) is 0. The van der Waals surface area contributed by atoms with Crippen LogP contribution in [0.3, 0.4) is 0 Å². The number of thiocarbonyl (C=S) groups is 1. The molecule has 0 fully saturated rings. The molecule has 7 nitrogen and oxygen atoms in total. The molecule has 8 heteroatoms. The Bertz CT molecular complexity index is 808. The van der Waals surface area contributed by atoms with Crippen LogP contribution in [0, 0.1) is 0 Å². The maximum Gasteiger partial charge on any atom is 0.273 e. The first-order chi connectivity index (χ1) is 11.4. The first kappa shape index (κ1) is 17.2. The Hall–Kier alpha value is -3.13. The number of hydrazine groups is 1. The second-order valence-corrected chi connectivity index (χ2v) is 5.28. The van der Waals surface area contributed by atoms with Crippen LogP contribution >= 0.6 is 12.2 Å². The highest BCUT2D eigenvalue weighted by molar-refractivity contribution is 7.80. The molecule has 0 aliphatic carbocycles. The van der Waals surface area contributed by atoms with Crippen molar-refractivity contribution in [2.45, 2.75) is 6.92 Å². The van der Waals surface area contributed by atoms with Crippen molar-refractivity contribution in [2.75, 3.05) is 5.32 Å². The van der Waals surface area contributed by atoms with Crippen molar-refractivity contribution in [1.82, 2.24) is 10.9 Å². The van der Waals surface area contributed by atoms with Crippen LogP contribution in [0.2, 0.25) is 0 Å². The molecular formula is C16H15N3O4S. The van der Waals surface area contributed by atoms with Crippen LogP contribution in [0.15, 0.2) is 42.5 Å². The summed E-state index contributed by atoms with van der Waals surface area (Å²) in [6.45, 7) is 1.46. The summed E-state index contributed by atoms with van der Waals surface area (Å²) in [7, 11) is 0. The molecule has 0 heterocycles. The summed E-state index contributed by atoms with van der Waals surface area (Å²) >= 11 is 5.04. The number of aromatic hydroxyl groups is 2. The number of hydrogen-bond donors (Lipinski definition) is 5. The molecule has 5 N–H and O–H groups in total. The van der Waals surface area contributed by atoms with Crippen molar-refractivity contribution in [3.63, 3.8) is 0 Å². The highest BCUT2D eigenvalue weighted by Crippen LogP contribution is 2.21. The molecule has 0 atom stereocenters. The van der Waals surface area contributed by atoms with E-state index in [1.165, 1.54) is 19.1 Å². The Morgan fingerprint density at radius 3 is 2.50 bits per heavy atom. The number of benzene rings is 2. The van der Waals surface area contributed by atoms with Crippen molar-refractivity contribution < 1.29 is 19.8 Å². The van der Waals surface area contributed by atoms with Gasteiger partial charge in [0.2, 0.25) is 0 Å². The van der Waals surface area contributed by atoms with Crippen LogP contribution in [0.25, 0.3) is 0 Å². The lowest BCUT2D eigenvalue weighted by molar-refractivity contribution is 0.0940. The molecule has 2 aromatic rings. The number of hydrogen-bond acceptors (Lipinski definition) is 5. The standard InChI is InChI=1S/C16H15N3O4S/c1-9(20)10-3-2-4-11(7-10)17-16(24)19-18-15(23)13-8-12(21)5-6-14(13)22/h2-8,21-22H,1H3,(H,18,23)(H2,17,19,24). The number of phenols is 2. The highest BCUT2D eigenvalue weighted by Gasteiger charge is 2.12. The number of rotatable bonds is 3. The number of ketones is 1. The number of nitrogens with one attached hydrogen (secondary N) is 3. The first-order valence-corrected chi connectivity index (χ1v) is 7.28. The number of anilines is 1. The molecule has 124 valence electrons. The molecule has 24 heavy (non-hydrogen) atoms. The van der Waals surface area contributed by atoms with E-state index in [2.05, 4.69) is 16.2 Å². The minimum absolute atomic E-state index is 0.0785. The maximum absolute atomic E-state index is 11.9. The lowest BCUT2D eigenvalue weighted by atomic mass is 10.1. The average Bonchev–Trinajstić information content (AvgIpc) is 2.55. The molecule has 0 aromatic heterocycles. The Kier molecular flexibility index (Phi) is 5.33. The van der Waals surface area contributed by atoms with E-state index >= 15 is 0 Å². The van der Waals surface area contributed by atoms with Crippen LogP contribution in [0.1, 0.15) is 27.6 Å². The molecule has 0 saturated heterocycles. The van der Waals surface area contributed by atoms with E-state index in [1.807, 2.05) is 0 Å². The van der Waals surface area contributed by atoms with Gasteiger partial charge >= 0.3 is 0 Å². The summed E-state index contributed by atoms with van der Waals surface area (Å²) in [6, 6.07) is 10.3. The van der Waals surface area contributed by atoms with Gasteiger partial charge in [0.1, 0.15) is 11.5 Å². The van der Waals surface area contributed by atoms with Crippen molar-refractivity contribution in [3.8, 4) is 11.5 Å². The van der Waals surface area contributed by atoms with E-state index in [9.17, 15) is 19.8 Å². The Morgan fingerprint density at radius 1 is 1.04 bits per heavy atom. The van der Waals surface area contributed by atoms with Crippen molar-refractivity contribution in [3.05, 3.63) is 53.6 Å². The summed E-state index contributed by atoms with van der Waals surface area (Å²) < 4.78 is 0. The predicted molar refractivity (Wildman–Crippen MR) is 93.0 cm³/mol. The van der Waals surface area contributed by atoms with Gasteiger partial charge in [-0.2, -0.15) is 0 Å². The fraction of sp³-hybridized carbons (Fsp3) is 0.0625. The van der Waals surface area contributed by atoms with Gasteiger partial charge in [-0.15, -0.1) is 0 Å². The van der Waals surface area contributed by atoms with E-state index in [0.29, 0.717) is 11.3 Å². The van der Waals surface area contributed by atoms with E-state index in [1.54, 1.807) is 24.3 Å². The highest BCUT2D eigenvalue weighted by atomic mass is 32.1. The number of carbonyl (C=O) groups is 2. The molecule has 0 radical (unpaired) electrons. The number of Topliss-reactive ketones (excluding diaryl/α,β-unsaturated/α-hetero) is 1. The zero-order valence-corrected chi connectivity index (χ0v) is 13.5. The van der Waals surface area contributed by atoms with Gasteiger partial charge in [0.15, 0.2) is 10.9 Å². The van der Waals surface area contributed by atoms with E-state index in [4.69, 9.17) is 12.2 Å². The Morgan fingerprint density at radius 2 is 1.79 bits per heavy atom. The van der Waals surface area contributed by atoms with Gasteiger partial charge in [0, 0.05) is 11.3 Å². The average molecular weight is 345 g/mol. The largest absolute Gasteiger partial charge is 0.508 e. The van der Waals surface area contributed by atoms with Crippen LogP contribution in [-0.2, 0) is 0 Å². The summed E-state index contributed by atoms with van der Waals surface area (Å²) in [5.41, 5.74) is 5.76. The van der Waals surface area contributed by atoms with Gasteiger partial charge in [-0.3, -0.25) is 20.4 Å². The molecule has 0 saturated carbocycles. The quantitative estimate of drug-likeness (QED) is 0.250. The monoisotopic (exact) mass is 345 g/mol. The minimum Gasteiger partial charge on any atom is -0.508 e. The van der Waals surface area contributed by atoms with Crippen LogP contribution in [0.5, 0.6) is 11.5 Å². The summed E-state index contributed by atoms with van der Waals surface area (Å²) in [5, 5.41) is 21.9. The van der Waals surface area contributed by atoms with Crippen molar-refractivity contribution >= 4 is 34.7 Å². The molecule has 0 bridgehead atoms. The van der Waals surface area contributed by atoms with E-state index in [0.717, 1.165) is 6.07 Å². The van der Waals surface area contributed by atoms with Crippen LogP contribution in [-0.4, -0.2) is 27.0 Å². The lowest BCUT2D eigenvalue weighted by Crippen LogP contribution is -2.43. The van der Waals surface area contributed by atoms with Crippen LogP contribution < -0.4 is 16.2 Å². The van der Waals surface area contributed by atoms with Gasteiger partial charge in [0.05, 0.1) is 5.56 Å². The number of phenolic OH excluding ortho intramolecular Hbond substituents is 2. The van der Waals surface area contributed by atoms with Crippen molar-refractivity contribution in [2.24, 2.45) is 0 Å². The van der Waals surface area contributed by atoms with Gasteiger partial charge in [-0.05, 0) is 49.5 Å². The molecule has 2 aromatic carbocycles. The minimum atomic E-state index is -0.676. The fourth-order valence-electron chi connectivity index (χ4n) is 1.87. The van der Waals surface area contributed by atoms with Gasteiger partial charge < -0.3 is 15.5 Å². The second kappa shape index (κ2) is 7.42. The fourth-order valence-corrected chi connectivity index (χ4v) is 2.03. The number of carbonyl (C=O) groups excluding carboxylic acids is 2. The molecule has 0 spiro atoms. The third-order valence-corrected chi connectivity index (χ3v) is 3.25. The van der Waals surface area contributed by atoms with Gasteiger partial charge in [0.25, 0.3) is 5.91 Å². The molecule has 0 aliphatic rings. The molecule has 0 unspecified atom stereocenters. The molecule has 1 amide bonds. The zero-order valence-electron chi connectivity index (χ0n) is 12.7. The SMILES string of the molecule is CC(=O)c1cccc(NC(=S)NNC(=O)c2cc(O)ccc2O)c1. The van der Waals surface area contributed by atoms with Gasteiger partial charge in [-0.1, -0.05) is 12.1 Å². The van der Waals surface area contributed by atoms with E-state index in [-0.39, 0.29) is 28.0 Å².